The first-order chi connectivity index (χ1) is 16.7. The number of hydrogen-bond donors (Lipinski definition) is 0. The highest BCUT2D eigenvalue weighted by Crippen LogP contribution is 2.21. The Hall–Kier alpha value is -3.45. The molecule has 176 valence electrons. The summed E-state index contributed by atoms with van der Waals surface area (Å²) >= 11 is 0. The van der Waals surface area contributed by atoms with Crippen LogP contribution in [-0.4, -0.2) is 70.5 Å². The Bertz CT molecular complexity index is 1120. The quantitative estimate of drug-likeness (QED) is 0.514. The van der Waals surface area contributed by atoms with Crippen molar-refractivity contribution in [2.45, 2.75) is 25.9 Å². The van der Waals surface area contributed by atoms with Crippen molar-refractivity contribution in [3.05, 3.63) is 77.6 Å². The van der Waals surface area contributed by atoms with Crippen molar-refractivity contribution in [3.8, 4) is 17.1 Å². The summed E-state index contributed by atoms with van der Waals surface area (Å²) in [6.07, 6.45) is 5.73. The number of urea groups is 1. The second kappa shape index (κ2) is 10.2. The Morgan fingerprint density at radius 2 is 1.74 bits per heavy atom. The van der Waals surface area contributed by atoms with Gasteiger partial charge in [-0.1, -0.05) is 30.3 Å². The van der Waals surface area contributed by atoms with Crippen LogP contribution in [0.4, 0.5) is 4.79 Å². The number of pyridine rings is 2. The van der Waals surface area contributed by atoms with E-state index in [4.69, 9.17) is 4.74 Å². The molecule has 7 nitrogen and oxygen atoms in total. The van der Waals surface area contributed by atoms with E-state index < -0.39 is 0 Å². The fourth-order valence-electron chi connectivity index (χ4n) is 4.78. The van der Waals surface area contributed by atoms with Crippen molar-refractivity contribution < 1.29 is 9.53 Å². The Labute approximate surface area is 201 Å². The lowest BCUT2D eigenvalue weighted by Gasteiger charge is -2.29. The van der Waals surface area contributed by atoms with Crippen molar-refractivity contribution in [2.24, 2.45) is 0 Å². The molecule has 0 unspecified atom stereocenters. The van der Waals surface area contributed by atoms with Crippen molar-refractivity contribution in [1.29, 1.82) is 0 Å². The molecule has 5 rings (SSSR count). The highest BCUT2D eigenvalue weighted by Gasteiger charge is 2.28. The van der Waals surface area contributed by atoms with E-state index in [0.29, 0.717) is 12.4 Å². The van der Waals surface area contributed by atoms with E-state index in [0.717, 1.165) is 68.9 Å². The number of carbonyl (C=O) groups is 1. The standard InChI is InChI=1S/C27H31N5O2/c1-34-26-10-8-23(18-29-26)25-9-7-21(17-28-25)19-32-16-15-31(27(32)33)13-4-12-30-14-11-22-5-2-3-6-24(22)20-30/h2-3,5-10,17-18H,4,11-16,19-20H2,1H3. The first-order valence-electron chi connectivity index (χ1n) is 12.0. The average Bonchev–Trinajstić information content (AvgIpc) is 3.23. The number of ether oxygens (including phenoxy) is 1. The lowest BCUT2D eigenvalue weighted by atomic mass is 10.00. The van der Waals surface area contributed by atoms with Crippen molar-refractivity contribution in [2.75, 3.05) is 39.8 Å². The summed E-state index contributed by atoms with van der Waals surface area (Å²) in [7, 11) is 1.60. The van der Waals surface area contributed by atoms with Gasteiger partial charge in [0.15, 0.2) is 0 Å². The molecule has 1 aromatic carbocycles. The summed E-state index contributed by atoms with van der Waals surface area (Å²) in [6, 6.07) is 16.6. The van der Waals surface area contributed by atoms with E-state index in [9.17, 15) is 4.79 Å². The molecule has 0 atom stereocenters. The van der Waals surface area contributed by atoms with Gasteiger partial charge in [0.25, 0.3) is 0 Å². The lowest BCUT2D eigenvalue weighted by Crippen LogP contribution is -2.35. The first kappa shape index (κ1) is 22.3. The molecule has 1 saturated heterocycles. The van der Waals surface area contributed by atoms with Crippen molar-refractivity contribution in [3.63, 3.8) is 0 Å². The summed E-state index contributed by atoms with van der Waals surface area (Å²) in [5, 5.41) is 0. The third-order valence-corrected chi connectivity index (χ3v) is 6.73. The molecule has 0 aliphatic carbocycles. The van der Waals surface area contributed by atoms with E-state index in [1.165, 1.54) is 11.1 Å². The Morgan fingerprint density at radius 3 is 2.50 bits per heavy atom. The van der Waals surface area contributed by atoms with Gasteiger partial charge in [0.05, 0.1) is 12.8 Å². The molecule has 34 heavy (non-hydrogen) atoms. The maximum atomic E-state index is 12.9. The molecule has 0 saturated carbocycles. The minimum Gasteiger partial charge on any atom is -0.481 e. The second-order valence-electron chi connectivity index (χ2n) is 8.98. The lowest BCUT2D eigenvalue weighted by molar-refractivity contribution is 0.185. The molecule has 1 fully saturated rings. The summed E-state index contributed by atoms with van der Waals surface area (Å²) in [5.41, 5.74) is 5.75. The number of amides is 2. The molecule has 7 heteroatoms. The van der Waals surface area contributed by atoms with Gasteiger partial charge in [-0.25, -0.2) is 9.78 Å². The molecule has 4 heterocycles. The number of benzene rings is 1. The largest absolute Gasteiger partial charge is 0.481 e. The van der Waals surface area contributed by atoms with Crippen LogP contribution >= 0.6 is 0 Å². The molecule has 2 aliphatic heterocycles. The zero-order chi connectivity index (χ0) is 23.3. The van der Waals surface area contributed by atoms with Gasteiger partial charge < -0.3 is 14.5 Å². The topological polar surface area (TPSA) is 61.8 Å². The number of methoxy groups -OCH3 is 1. The maximum absolute atomic E-state index is 12.9. The minimum absolute atomic E-state index is 0.132. The number of aromatic nitrogens is 2. The minimum atomic E-state index is 0.132. The summed E-state index contributed by atoms with van der Waals surface area (Å²) in [6.45, 7) is 6.12. The Kier molecular flexibility index (Phi) is 6.72. The number of hydrogen-bond acceptors (Lipinski definition) is 5. The smallest absolute Gasteiger partial charge is 0.320 e. The highest BCUT2D eigenvalue weighted by molar-refractivity contribution is 5.76. The summed E-state index contributed by atoms with van der Waals surface area (Å²) in [5.74, 6) is 0.582. The number of nitrogens with zero attached hydrogens (tertiary/aromatic N) is 5. The van der Waals surface area contributed by atoms with E-state index in [-0.39, 0.29) is 6.03 Å². The van der Waals surface area contributed by atoms with Crippen LogP contribution in [0.5, 0.6) is 5.88 Å². The van der Waals surface area contributed by atoms with Crippen LogP contribution in [0.1, 0.15) is 23.1 Å². The zero-order valence-corrected chi connectivity index (χ0v) is 19.7. The van der Waals surface area contributed by atoms with Gasteiger partial charge in [-0.05, 0) is 41.7 Å². The van der Waals surface area contributed by atoms with Crippen LogP contribution in [0.15, 0.2) is 60.9 Å². The fraction of sp³-hybridized carbons (Fsp3) is 0.370. The van der Waals surface area contributed by atoms with Crippen molar-refractivity contribution >= 4 is 6.03 Å². The van der Waals surface area contributed by atoms with Gasteiger partial charge >= 0.3 is 6.03 Å². The first-order valence-corrected chi connectivity index (χ1v) is 12.0. The van der Waals surface area contributed by atoms with Crippen LogP contribution in [0.25, 0.3) is 11.3 Å². The number of rotatable bonds is 8. The van der Waals surface area contributed by atoms with Crippen molar-refractivity contribution in [1.82, 2.24) is 24.7 Å². The average molecular weight is 458 g/mol. The van der Waals surface area contributed by atoms with Gasteiger partial charge in [-0.3, -0.25) is 9.88 Å². The zero-order valence-electron chi connectivity index (χ0n) is 19.7. The molecule has 2 aliphatic rings. The molecule has 0 bridgehead atoms. The third kappa shape index (κ3) is 5.04. The molecular weight excluding hydrogens is 426 g/mol. The van der Waals surface area contributed by atoms with Crippen LogP contribution in [0.3, 0.4) is 0 Å². The van der Waals surface area contributed by atoms with Crippen LogP contribution in [0.2, 0.25) is 0 Å². The highest BCUT2D eigenvalue weighted by atomic mass is 16.5. The molecule has 0 spiro atoms. The van der Waals surface area contributed by atoms with Gasteiger partial charge in [-0.2, -0.15) is 0 Å². The van der Waals surface area contributed by atoms with E-state index in [1.54, 1.807) is 13.3 Å². The van der Waals surface area contributed by atoms with E-state index >= 15 is 0 Å². The van der Waals surface area contributed by atoms with Gasteiger partial charge in [0, 0.05) is 69.8 Å². The van der Waals surface area contributed by atoms with Gasteiger partial charge in [-0.15, -0.1) is 0 Å². The fourth-order valence-corrected chi connectivity index (χ4v) is 4.78. The normalized spacial score (nSPS) is 16.1. The monoisotopic (exact) mass is 457 g/mol. The summed E-state index contributed by atoms with van der Waals surface area (Å²) in [4.78, 5) is 28.1. The van der Waals surface area contributed by atoms with Gasteiger partial charge in [0.1, 0.15) is 0 Å². The van der Waals surface area contributed by atoms with Crippen LogP contribution in [0, 0.1) is 0 Å². The second-order valence-corrected chi connectivity index (χ2v) is 8.98. The molecular formula is C27H31N5O2. The molecule has 2 amide bonds. The predicted molar refractivity (Wildman–Crippen MR) is 131 cm³/mol. The van der Waals surface area contributed by atoms with Crippen LogP contribution in [-0.2, 0) is 19.5 Å². The predicted octanol–water partition coefficient (Wildman–Crippen LogP) is 3.84. The summed E-state index contributed by atoms with van der Waals surface area (Å²) < 4.78 is 5.11. The third-order valence-electron chi connectivity index (χ3n) is 6.73. The van der Waals surface area contributed by atoms with E-state index in [1.807, 2.05) is 40.3 Å². The molecule has 3 aromatic rings. The van der Waals surface area contributed by atoms with Crippen LogP contribution < -0.4 is 4.74 Å². The molecule has 0 radical (unpaired) electrons. The maximum Gasteiger partial charge on any atom is 0.320 e. The Morgan fingerprint density at radius 1 is 0.882 bits per heavy atom. The molecule has 0 N–H and O–H groups in total. The number of fused-ring (bicyclic) bond motifs is 1. The van der Waals surface area contributed by atoms with E-state index in [2.05, 4.69) is 39.1 Å². The Balaban J connectivity index is 1.09. The van der Waals surface area contributed by atoms with Gasteiger partial charge in [0.2, 0.25) is 5.88 Å². The SMILES string of the molecule is COc1ccc(-c2ccc(CN3CCN(CCCN4CCc5ccccc5C4)C3=O)cn2)cn1. The number of carbonyl (C=O) groups excluding carboxylic acids is 1. The molecule has 2 aromatic heterocycles.